The molecule has 0 amide bonds. The van der Waals surface area contributed by atoms with Gasteiger partial charge in [0.2, 0.25) is 0 Å². The van der Waals surface area contributed by atoms with Gasteiger partial charge in [0.15, 0.2) is 0 Å². The summed E-state index contributed by atoms with van der Waals surface area (Å²) in [5.74, 6) is 11.6. The van der Waals surface area contributed by atoms with Crippen molar-refractivity contribution in [2.24, 2.45) is 5.84 Å². The number of rotatable bonds is 4. The van der Waals surface area contributed by atoms with Crippen LogP contribution < -0.4 is 11.3 Å². The second-order valence-corrected chi connectivity index (χ2v) is 3.99. The van der Waals surface area contributed by atoms with E-state index in [1.807, 2.05) is 6.92 Å². The molecule has 2 nitrogen and oxygen atoms in total. The predicted octanol–water partition coefficient (Wildman–Crippen LogP) is 2.61. The molecule has 0 aliphatic heterocycles. The first-order chi connectivity index (χ1) is 7.70. The second kappa shape index (κ2) is 6.32. The van der Waals surface area contributed by atoms with Gasteiger partial charge in [-0.25, -0.2) is 0 Å². The van der Waals surface area contributed by atoms with Gasteiger partial charge in [0, 0.05) is 12.5 Å². The van der Waals surface area contributed by atoms with E-state index in [1.165, 1.54) is 16.7 Å². The second-order valence-electron chi connectivity index (χ2n) is 3.99. The number of hydrazine groups is 1. The number of aryl methyl sites for hydroxylation is 2. The summed E-state index contributed by atoms with van der Waals surface area (Å²) in [6.45, 7) is 6.11. The highest BCUT2D eigenvalue weighted by atomic mass is 15.2. The summed E-state index contributed by atoms with van der Waals surface area (Å²) in [6, 6.07) is 6.52. The number of nitrogens with one attached hydrogen (secondary N) is 1. The van der Waals surface area contributed by atoms with Crippen LogP contribution in [-0.4, -0.2) is 0 Å². The van der Waals surface area contributed by atoms with Crippen molar-refractivity contribution in [1.29, 1.82) is 0 Å². The molecule has 0 fully saturated rings. The third-order valence-electron chi connectivity index (χ3n) is 2.83. The molecule has 0 aliphatic carbocycles. The molecule has 16 heavy (non-hydrogen) atoms. The summed E-state index contributed by atoms with van der Waals surface area (Å²) in [7, 11) is 0. The fourth-order valence-corrected chi connectivity index (χ4v) is 2.03. The summed E-state index contributed by atoms with van der Waals surface area (Å²) in [4.78, 5) is 0. The SMILES string of the molecule is CC#CCCC(NN)c1c(C)cccc1C. The average molecular weight is 216 g/mol. The smallest absolute Gasteiger partial charge is 0.0474 e. The molecular formula is C14H20N2. The van der Waals surface area contributed by atoms with E-state index in [0.29, 0.717) is 0 Å². The van der Waals surface area contributed by atoms with Crippen molar-refractivity contribution in [3.05, 3.63) is 34.9 Å². The van der Waals surface area contributed by atoms with Gasteiger partial charge >= 0.3 is 0 Å². The number of benzene rings is 1. The molecule has 1 aromatic rings. The lowest BCUT2D eigenvalue weighted by atomic mass is 9.94. The standard InChI is InChI=1S/C14H20N2/c1-4-5-6-10-13(16-15)14-11(2)8-7-9-12(14)3/h7-9,13,16H,6,10,15H2,1-3H3. The zero-order valence-electron chi connectivity index (χ0n) is 10.3. The van der Waals surface area contributed by atoms with E-state index in [2.05, 4.69) is 49.3 Å². The van der Waals surface area contributed by atoms with Crippen LogP contribution in [0.2, 0.25) is 0 Å². The van der Waals surface area contributed by atoms with Crippen molar-refractivity contribution >= 4 is 0 Å². The molecule has 0 aromatic heterocycles. The lowest BCUT2D eigenvalue weighted by Gasteiger charge is -2.19. The quantitative estimate of drug-likeness (QED) is 0.461. The zero-order valence-corrected chi connectivity index (χ0v) is 10.3. The van der Waals surface area contributed by atoms with E-state index in [0.717, 1.165) is 12.8 Å². The Balaban J connectivity index is 2.88. The summed E-state index contributed by atoms with van der Waals surface area (Å²) in [6.07, 6.45) is 1.82. The van der Waals surface area contributed by atoms with Crippen LogP contribution in [0.5, 0.6) is 0 Å². The average Bonchev–Trinajstić information content (AvgIpc) is 2.26. The Morgan fingerprint density at radius 3 is 2.44 bits per heavy atom. The normalized spacial score (nSPS) is 11.8. The van der Waals surface area contributed by atoms with Gasteiger partial charge in [0.05, 0.1) is 0 Å². The molecule has 2 heteroatoms. The van der Waals surface area contributed by atoms with Crippen molar-refractivity contribution in [3.8, 4) is 11.8 Å². The fourth-order valence-electron chi connectivity index (χ4n) is 2.03. The molecular weight excluding hydrogens is 196 g/mol. The lowest BCUT2D eigenvalue weighted by Crippen LogP contribution is -2.29. The minimum Gasteiger partial charge on any atom is -0.271 e. The van der Waals surface area contributed by atoms with E-state index < -0.39 is 0 Å². The van der Waals surface area contributed by atoms with E-state index in [9.17, 15) is 0 Å². The summed E-state index contributed by atoms with van der Waals surface area (Å²) in [5, 5.41) is 0. The molecule has 3 N–H and O–H groups in total. The van der Waals surface area contributed by atoms with Crippen LogP contribution in [0, 0.1) is 25.7 Å². The molecule has 0 heterocycles. The highest BCUT2D eigenvalue weighted by Gasteiger charge is 2.13. The summed E-state index contributed by atoms with van der Waals surface area (Å²) in [5.41, 5.74) is 6.77. The van der Waals surface area contributed by atoms with Gasteiger partial charge in [-0.1, -0.05) is 18.2 Å². The topological polar surface area (TPSA) is 38.0 Å². The third kappa shape index (κ3) is 3.10. The van der Waals surface area contributed by atoms with Crippen LogP contribution in [0.15, 0.2) is 18.2 Å². The maximum Gasteiger partial charge on any atom is 0.0474 e. The highest BCUT2D eigenvalue weighted by molar-refractivity contribution is 5.36. The largest absolute Gasteiger partial charge is 0.271 e. The van der Waals surface area contributed by atoms with Crippen LogP contribution in [0.3, 0.4) is 0 Å². The molecule has 1 unspecified atom stereocenters. The van der Waals surface area contributed by atoms with Gasteiger partial charge in [-0.2, -0.15) is 0 Å². The molecule has 0 saturated carbocycles. The monoisotopic (exact) mass is 216 g/mol. The Morgan fingerprint density at radius 1 is 1.31 bits per heavy atom. The predicted molar refractivity (Wildman–Crippen MR) is 68.7 cm³/mol. The minimum absolute atomic E-state index is 0.196. The van der Waals surface area contributed by atoms with Crippen molar-refractivity contribution < 1.29 is 0 Å². The Morgan fingerprint density at radius 2 is 1.94 bits per heavy atom. The van der Waals surface area contributed by atoms with E-state index in [1.54, 1.807) is 0 Å². The van der Waals surface area contributed by atoms with Crippen LogP contribution in [0.4, 0.5) is 0 Å². The maximum atomic E-state index is 5.63. The Hall–Kier alpha value is -1.30. The highest BCUT2D eigenvalue weighted by Crippen LogP contribution is 2.24. The van der Waals surface area contributed by atoms with Crippen molar-refractivity contribution in [1.82, 2.24) is 5.43 Å². The van der Waals surface area contributed by atoms with Crippen molar-refractivity contribution in [3.63, 3.8) is 0 Å². The van der Waals surface area contributed by atoms with Crippen molar-refractivity contribution in [2.75, 3.05) is 0 Å². The third-order valence-corrected chi connectivity index (χ3v) is 2.83. The van der Waals surface area contributed by atoms with E-state index >= 15 is 0 Å². The van der Waals surface area contributed by atoms with Gasteiger partial charge in [-0.15, -0.1) is 11.8 Å². The van der Waals surface area contributed by atoms with Crippen LogP contribution in [0.25, 0.3) is 0 Å². The Kier molecular flexibility index (Phi) is 5.04. The van der Waals surface area contributed by atoms with Crippen LogP contribution in [-0.2, 0) is 0 Å². The van der Waals surface area contributed by atoms with Gasteiger partial charge in [-0.3, -0.25) is 11.3 Å². The molecule has 0 radical (unpaired) electrons. The van der Waals surface area contributed by atoms with Gasteiger partial charge in [0.25, 0.3) is 0 Å². The van der Waals surface area contributed by atoms with Gasteiger partial charge in [0.1, 0.15) is 0 Å². The minimum atomic E-state index is 0.196. The van der Waals surface area contributed by atoms with Crippen LogP contribution in [0.1, 0.15) is 42.5 Å². The number of hydrogen-bond donors (Lipinski definition) is 2. The molecule has 1 rings (SSSR count). The molecule has 0 aliphatic rings. The van der Waals surface area contributed by atoms with Crippen molar-refractivity contribution in [2.45, 2.75) is 39.7 Å². The number of nitrogens with two attached hydrogens (primary N) is 1. The molecule has 0 bridgehead atoms. The molecule has 0 spiro atoms. The maximum absolute atomic E-state index is 5.63. The Labute approximate surface area is 98.2 Å². The van der Waals surface area contributed by atoms with Gasteiger partial charge in [-0.05, 0) is 43.9 Å². The zero-order chi connectivity index (χ0) is 12.0. The first kappa shape index (κ1) is 12.8. The Bertz CT molecular complexity index is 379. The number of hydrogen-bond acceptors (Lipinski definition) is 2. The molecule has 1 aromatic carbocycles. The molecule has 0 saturated heterocycles. The van der Waals surface area contributed by atoms with Gasteiger partial charge < -0.3 is 0 Å². The van der Waals surface area contributed by atoms with E-state index in [-0.39, 0.29) is 6.04 Å². The summed E-state index contributed by atoms with van der Waals surface area (Å²) >= 11 is 0. The first-order valence-corrected chi connectivity index (χ1v) is 5.62. The lowest BCUT2D eigenvalue weighted by molar-refractivity contribution is 0.519. The fraction of sp³-hybridized carbons (Fsp3) is 0.429. The first-order valence-electron chi connectivity index (χ1n) is 5.62. The summed E-state index contributed by atoms with van der Waals surface area (Å²) < 4.78 is 0. The van der Waals surface area contributed by atoms with Crippen LogP contribution >= 0.6 is 0 Å². The molecule has 1 atom stereocenters. The molecule has 86 valence electrons. The van der Waals surface area contributed by atoms with E-state index in [4.69, 9.17) is 5.84 Å².